The second-order valence-electron chi connectivity index (χ2n) is 5.25. The fraction of sp³-hybridized carbons (Fsp3) is 0.188. The van der Waals surface area contributed by atoms with E-state index >= 15 is 0 Å². The molecule has 1 unspecified atom stereocenters. The van der Waals surface area contributed by atoms with E-state index in [1.165, 1.54) is 5.56 Å². The van der Waals surface area contributed by atoms with Crippen LogP contribution in [0.15, 0.2) is 42.5 Å². The van der Waals surface area contributed by atoms with Crippen molar-refractivity contribution in [2.75, 3.05) is 16.4 Å². The summed E-state index contributed by atoms with van der Waals surface area (Å²) in [6.45, 7) is 2.05. The maximum absolute atomic E-state index is 12.7. The molecule has 4 N–H and O–H groups in total. The number of anilines is 3. The predicted octanol–water partition coefficient (Wildman–Crippen LogP) is 2.44. The summed E-state index contributed by atoms with van der Waals surface area (Å²) in [5, 5.41) is 0. The first-order valence-electron chi connectivity index (χ1n) is 6.64. The zero-order valence-corrected chi connectivity index (χ0v) is 11.3. The lowest BCUT2D eigenvalue weighted by atomic mass is 10.1. The Bertz CT molecular complexity index is 661. The monoisotopic (exact) mass is 267 g/mol. The molecule has 102 valence electrons. The molecule has 2 aromatic carbocycles. The lowest BCUT2D eigenvalue weighted by Gasteiger charge is -2.23. The van der Waals surface area contributed by atoms with Crippen molar-refractivity contribution >= 4 is 23.0 Å². The summed E-state index contributed by atoms with van der Waals surface area (Å²) >= 11 is 0. The first-order valence-corrected chi connectivity index (χ1v) is 6.64. The average molecular weight is 267 g/mol. The van der Waals surface area contributed by atoms with Crippen molar-refractivity contribution in [3.63, 3.8) is 0 Å². The van der Waals surface area contributed by atoms with E-state index in [0.29, 0.717) is 16.9 Å². The highest BCUT2D eigenvalue weighted by Crippen LogP contribution is 2.33. The SMILES string of the molecule is CC1Cc2ccccc2N1C(=O)c1cc(N)cc(N)c1. The van der Waals surface area contributed by atoms with Gasteiger partial charge in [0.1, 0.15) is 0 Å². The minimum Gasteiger partial charge on any atom is -0.399 e. The number of benzene rings is 2. The molecule has 4 nitrogen and oxygen atoms in total. The van der Waals surface area contributed by atoms with Gasteiger partial charge in [0, 0.05) is 28.7 Å². The summed E-state index contributed by atoms with van der Waals surface area (Å²) in [6.07, 6.45) is 0.875. The smallest absolute Gasteiger partial charge is 0.258 e. The van der Waals surface area contributed by atoms with Crippen LogP contribution in [-0.4, -0.2) is 11.9 Å². The van der Waals surface area contributed by atoms with Crippen molar-refractivity contribution < 1.29 is 4.79 Å². The topological polar surface area (TPSA) is 72.3 Å². The van der Waals surface area contributed by atoms with E-state index in [1.807, 2.05) is 30.0 Å². The van der Waals surface area contributed by atoms with Gasteiger partial charge in [0.25, 0.3) is 5.91 Å². The number of carbonyl (C=O) groups excluding carboxylic acids is 1. The molecule has 0 spiro atoms. The molecule has 2 aromatic rings. The average Bonchev–Trinajstić information content (AvgIpc) is 2.72. The van der Waals surface area contributed by atoms with E-state index < -0.39 is 0 Å². The molecule has 1 amide bonds. The van der Waals surface area contributed by atoms with Gasteiger partial charge >= 0.3 is 0 Å². The van der Waals surface area contributed by atoms with Gasteiger partial charge in [-0.2, -0.15) is 0 Å². The highest BCUT2D eigenvalue weighted by Gasteiger charge is 2.31. The molecule has 0 radical (unpaired) electrons. The van der Waals surface area contributed by atoms with Crippen LogP contribution in [0.2, 0.25) is 0 Å². The number of para-hydroxylation sites is 1. The lowest BCUT2D eigenvalue weighted by Crippen LogP contribution is -2.35. The van der Waals surface area contributed by atoms with Crippen molar-refractivity contribution in [1.82, 2.24) is 0 Å². The molecule has 0 aliphatic carbocycles. The summed E-state index contributed by atoms with van der Waals surface area (Å²) in [5.74, 6) is -0.0542. The van der Waals surface area contributed by atoms with Gasteiger partial charge in [0.05, 0.1) is 0 Å². The van der Waals surface area contributed by atoms with E-state index in [4.69, 9.17) is 11.5 Å². The number of nitrogens with two attached hydrogens (primary N) is 2. The van der Waals surface area contributed by atoms with Gasteiger partial charge in [-0.1, -0.05) is 18.2 Å². The summed E-state index contributed by atoms with van der Waals surface area (Å²) in [6, 6.07) is 13.1. The molecule has 4 heteroatoms. The van der Waals surface area contributed by atoms with E-state index in [2.05, 4.69) is 6.07 Å². The van der Waals surface area contributed by atoms with Crippen molar-refractivity contribution in [3.8, 4) is 0 Å². The third-order valence-electron chi connectivity index (χ3n) is 3.65. The molecule has 1 heterocycles. The molecule has 0 aromatic heterocycles. The zero-order valence-electron chi connectivity index (χ0n) is 11.3. The van der Waals surface area contributed by atoms with Crippen LogP contribution in [0.1, 0.15) is 22.8 Å². The second kappa shape index (κ2) is 4.56. The molecule has 0 fully saturated rings. The van der Waals surface area contributed by atoms with Crippen molar-refractivity contribution in [2.45, 2.75) is 19.4 Å². The van der Waals surface area contributed by atoms with Crippen LogP contribution in [0.25, 0.3) is 0 Å². The molecule has 1 aliphatic rings. The largest absolute Gasteiger partial charge is 0.399 e. The lowest BCUT2D eigenvalue weighted by molar-refractivity contribution is 0.0981. The number of amides is 1. The van der Waals surface area contributed by atoms with Gasteiger partial charge in [0.15, 0.2) is 0 Å². The second-order valence-corrected chi connectivity index (χ2v) is 5.25. The highest BCUT2D eigenvalue weighted by atomic mass is 16.2. The number of nitrogens with zero attached hydrogens (tertiary/aromatic N) is 1. The standard InChI is InChI=1S/C16H17N3O/c1-10-6-11-4-2-3-5-15(11)19(10)16(20)12-7-13(17)9-14(18)8-12/h2-5,7-10H,6,17-18H2,1H3. The third kappa shape index (κ3) is 1.99. The summed E-state index contributed by atoms with van der Waals surface area (Å²) < 4.78 is 0. The number of hydrogen-bond acceptors (Lipinski definition) is 3. The zero-order chi connectivity index (χ0) is 14.3. The van der Waals surface area contributed by atoms with Gasteiger partial charge in [0.2, 0.25) is 0 Å². The molecule has 1 atom stereocenters. The quantitative estimate of drug-likeness (QED) is 0.779. The molecule has 0 saturated carbocycles. The van der Waals surface area contributed by atoms with Crippen LogP contribution in [0.4, 0.5) is 17.1 Å². The molecular formula is C16H17N3O. The van der Waals surface area contributed by atoms with Crippen molar-refractivity contribution in [3.05, 3.63) is 53.6 Å². The van der Waals surface area contributed by atoms with Gasteiger partial charge < -0.3 is 16.4 Å². The summed E-state index contributed by atoms with van der Waals surface area (Å²) in [4.78, 5) is 14.6. The third-order valence-corrected chi connectivity index (χ3v) is 3.65. The van der Waals surface area contributed by atoms with E-state index in [9.17, 15) is 4.79 Å². The first-order chi connectivity index (χ1) is 9.56. The molecule has 20 heavy (non-hydrogen) atoms. The maximum Gasteiger partial charge on any atom is 0.258 e. The Morgan fingerprint density at radius 1 is 1.15 bits per heavy atom. The first kappa shape index (κ1) is 12.5. The summed E-state index contributed by atoms with van der Waals surface area (Å²) in [7, 11) is 0. The van der Waals surface area contributed by atoms with E-state index in [-0.39, 0.29) is 11.9 Å². The van der Waals surface area contributed by atoms with Crippen LogP contribution >= 0.6 is 0 Å². The van der Waals surface area contributed by atoms with Crippen molar-refractivity contribution in [2.24, 2.45) is 0 Å². The fourth-order valence-electron chi connectivity index (χ4n) is 2.81. The van der Waals surface area contributed by atoms with Gasteiger partial charge in [-0.25, -0.2) is 0 Å². The number of nitrogen functional groups attached to an aromatic ring is 2. The number of fused-ring (bicyclic) bond motifs is 1. The molecule has 3 rings (SSSR count). The van der Waals surface area contributed by atoms with E-state index in [0.717, 1.165) is 12.1 Å². The van der Waals surface area contributed by atoms with Crippen LogP contribution in [-0.2, 0) is 6.42 Å². The predicted molar refractivity (Wildman–Crippen MR) is 81.7 cm³/mol. The summed E-state index contributed by atoms with van der Waals surface area (Å²) in [5.41, 5.74) is 15.3. The Kier molecular flexibility index (Phi) is 2.86. The number of rotatable bonds is 1. The minimum absolute atomic E-state index is 0.0542. The number of carbonyl (C=O) groups is 1. The van der Waals surface area contributed by atoms with Gasteiger partial charge in [-0.15, -0.1) is 0 Å². The van der Waals surface area contributed by atoms with Crippen LogP contribution in [0.3, 0.4) is 0 Å². The Labute approximate surface area is 118 Å². The highest BCUT2D eigenvalue weighted by molar-refractivity contribution is 6.08. The van der Waals surface area contributed by atoms with Crippen LogP contribution in [0, 0.1) is 0 Å². The minimum atomic E-state index is -0.0542. The Morgan fingerprint density at radius 3 is 2.50 bits per heavy atom. The Morgan fingerprint density at radius 2 is 1.80 bits per heavy atom. The number of hydrogen-bond donors (Lipinski definition) is 2. The van der Waals surface area contributed by atoms with Gasteiger partial charge in [-0.05, 0) is 43.2 Å². The Hall–Kier alpha value is -2.49. The van der Waals surface area contributed by atoms with E-state index in [1.54, 1.807) is 18.2 Å². The molecular weight excluding hydrogens is 250 g/mol. The van der Waals surface area contributed by atoms with Crippen molar-refractivity contribution in [1.29, 1.82) is 0 Å². The Balaban J connectivity index is 2.02. The van der Waals surface area contributed by atoms with Gasteiger partial charge in [-0.3, -0.25) is 4.79 Å². The molecule has 0 saturated heterocycles. The van der Waals surface area contributed by atoms with Crippen LogP contribution in [0.5, 0.6) is 0 Å². The molecule has 0 bridgehead atoms. The van der Waals surface area contributed by atoms with Crippen LogP contribution < -0.4 is 16.4 Å². The maximum atomic E-state index is 12.7. The normalized spacial score (nSPS) is 17.1. The molecule has 1 aliphatic heterocycles. The fourth-order valence-corrected chi connectivity index (χ4v) is 2.81.